The molecule has 1 heterocycles. The first kappa shape index (κ1) is 13.6. The molecule has 1 aliphatic heterocycles. The average Bonchev–Trinajstić information content (AvgIpc) is 2.14. The molecule has 0 aromatic carbocycles. The van der Waals surface area contributed by atoms with E-state index in [0.717, 1.165) is 0 Å². The summed E-state index contributed by atoms with van der Waals surface area (Å²) in [6, 6.07) is -0.319. The van der Waals surface area contributed by atoms with Crippen LogP contribution in [0.1, 0.15) is 6.42 Å². The number of β-amino-alcohol motifs (C(OH)–C–C–N with tert-alkyl or cyclic N) is 1. The average molecular weight is 203 g/mol. The van der Waals surface area contributed by atoms with Crippen molar-refractivity contribution >= 4 is 30.7 Å². The fourth-order valence-corrected chi connectivity index (χ4v) is 0.934. The van der Waals surface area contributed by atoms with Crippen molar-refractivity contribution in [2.45, 2.75) is 18.6 Å². The second kappa shape index (κ2) is 5.60. The predicted molar refractivity (Wildman–Crippen MR) is 46.1 cm³/mol. The molecule has 68 valence electrons. The zero-order valence-corrected chi connectivity index (χ0v) is 7.45. The lowest BCUT2D eigenvalue weighted by Crippen LogP contribution is -2.36. The monoisotopic (exact) mass is 202 g/mol. The Morgan fingerprint density at radius 1 is 1.55 bits per heavy atom. The second-order valence-electron chi connectivity index (χ2n) is 2.25. The number of halogens is 2. The van der Waals surface area contributed by atoms with Gasteiger partial charge in [-0.3, -0.25) is 4.79 Å². The molecule has 0 aromatic heterocycles. The summed E-state index contributed by atoms with van der Waals surface area (Å²) >= 11 is 0. The maximum Gasteiger partial charge on any atom is 0.234 e. The van der Waals surface area contributed by atoms with E-state index in [-0.39, 0.29) is 36.8 Å². The molecule has 1 amide bonds. The van der Waals surface area contributed by atoms with E-state index in [4.69, 9.17) is 10.8 Å². The zero-order chi connectivity index (χ0) is 6.85. The van der Waals surface area contributed by atoms with Crippen LogP contribution in [0.25, 0.3) is 0 Å². The highest BCUT2D eigenvalue weighted by atomic mass is 35.5. The fourth-order valence-electron chi connectivity index (χ4n) is 0.934. The number of aliphatic hydroxyl groups is 1. The van der Waals surface area contributed by atoms with Crippen LogP contribution in [0.2, 0.25) is 0 Å². The number of nitrogens with one attached hydrogen (secondary N) is 1. The molecule has 6 heteroatoms. The first-order chi connectivity index (χ1) is 4.20. The normalized spacial score (nSPS) is 28.5. The van der Waals surface area contributed by atoms with Crippen molar-refractivity contribution in [1.82, 2.24) is 5.32 Å². The van der Waals surface area contributed by atoms with Crippen molar-refractivity contribution < 1.29 is 9.90 Å². The highest BCUT2D eigenvalue weighted by Crippen LogP contribution is 2.04. The summed E-state index contributed by atoms with van der Waals surface area (Å²) < 4.78 is 0. The van der Waals surface area contributed by atoms with Crippen LogP contribution in [-0.2, 0) is 4.79 Å². The summed E-state index contributed by atoms with van der Waals surface area (Å²) in [7, 11) is 0. The third-order valence-electron chi connectivity index (χ3n) is 1.45. The lowest BCUT2D eigenvalue weighted by molar-refractivity contribution is -0.119. The Balaban J connectivity index is 0. The Kier molecular flexibility index (Phi) is 6.90. The van der Waals surface area contributed by atoms with Crippen LogP contribution in [0.4, 0.5) is 0 Å². The number of nitrogens with two attached hydrogens (primary N) is 1. The minimum absolute atomic E-state index is 0. The van der Waals surface area contributed by atoms with Gasteiger partial charge in [-0.2, -0.15) is 0 Å². The maximum atomic E-state index is 10.4. The van der Waals surface area contributed by atoms with Crippen LogP contribution in [0.3, 0.4) is 0 Å². The van der Waals surface area contributed by atoms with Gasteiger partial charge in [0.25, 0.3) is 0 Å². The topological polar surface area (TPSA) is 75.4 Å². The lowest BCUT2D eigenvalue weighted by atomic mass is 10.2. The van der Waals surface area contributed by atoms with E-state index in [2.05, 4.69) is 5.32 Å². The number of carbonyl (C=O) groups is 1. The molecule has 1 saturated heterocycles. The lowest BCUT2D eigenvalue weighted by Gasteiger charge is -2.01. The summed E-state index contributed by atoms with van der Waals surface area (Å²) in [5.41, 5.74) is 4.95. The molecule has 0 aromatic rings. The molecule has 1 aliphatic rings. The van der Waals surface area contributed by atoms with E-state index in [1.165, 1.54) is 0 Å². The van der Waals surface area contributed by atoms with Gasteiger partial charge in [0.15, 0.2) is 0 Å². The molecule has 2 unspecified atom stereocenters. The summed E-state index contributed by atoms with van der Waals surface area (Å²) in [6.07, 6.45) is 0.0532. The number of hydrogen-bond acceptors (Lipinski definition) is 3. The molecular weight excluding hydrogens is 191 g/mol. The molecule has 4 nitrogen and oxygen atoms in total. The Hall–Kier alpha value is -0.0300. The molecule has 0 aliphatic carbocycles. The third kappa shape index (κ3) is 3.76. The van der Waals surface area contributed by atoms with Gasteiger partial charge in [0.2, 0.25) is 5.91 Å². The van der Waals surface area contributed by atoms with E-state index in [9.17, 15) is 4.79 Å². The molecule has 0 radical (unpaired) electrons. The first-order valence-corrected chi connectivity index (χ1v) is 2.91. The van der Waals surface area contributed by atoms with Gasteiger partial charge in [0, 0.05) is 6.54 Å². The van der Waals surface area contributed by atoms with E-state index in [1.54, 1.807) is 0 Å². The third-order valence-corrected chi connectivity index (χ3v) is 1.45. The van der Waals surface area contributed by atoms with E-state index < -0.39 is 6.10 Å². The number of aliphatic hydroxyl groups excluding tert-OH is 1. The molecule has 11 heavy (non-hydrogen) atoms. The van der Waals surface area contributed by atoms with Gasteiger partial charge in [-0.1, -0.05) is 0 Å². The quantitative estimate of drug-likeness (QED) is 0.513. The first-order valence-electron chi connectivity index (χ1n) is 2.91. The standard InChI is InChI=1S/C5H10N2O2.2ClH/c6-5(9)4-1-3(8)2-7-4;;/h3-4,7-8H,1-2H2,(H2,6,9);2*1H. The van der Waals surface area contributed by atoms with Gasteiger partial charge in [0.05, 0.1) is 12.1 Å². The number of rotatable bonds is 1. The zero-order valence-electron chi connectivity index (χ0n) is 5.82. The molecule has 0 bridgehead atoms. The van der Waals surface area contributed by atoms with Gasteiger partial charge in [-0.05, 0) is 6.42 Å². The molecule has 1 rings (SSSR count). The second-order valence-corrected chi connectivity index (χ2v) is 2.25. The van der Waals surface area contributed by atoms with Gasteiger partial charge < -0.3 is 16.2 Å². The Bertz CT molecular complexity index is 134. The molecule has 2 atom stereocenters. The highest BCUT2D eigenvalue weighted by Gasteiger charge is 2.25. The van der Waals surface area contributed by atoms with E-state index >= 15 is 0 Å². The highest BCUT2D eigenvalue weighted by molar-refractivity contribution is 5.85. The predicted octanol–water partition coefficient (Wildman–Crippen LogP) is -0.962. The Morgan fingerprint density at radius 3 is 2.27 bits per heavy atom. The summed E-state index contributed by atoms with van der Waals surface area (Å²) in [4.78, 5) is 10.4. The molecule has 0 spiro atoms. The number of carbonyl (C=O) groups excluding carboxylic acids is 1. The van der Waals surface area contributed by atoms with Crippen LogP contribution < -0.4 is 11.1 Å². The van der Waals surface area contributed by atoms with Crippen molar-refractivity contribution in [2.75, 3.05) is 6.54 Å². The van der Waals surface area contributed by atoms with Gasteiger partial charge in [-0.15, -0.1) is 24.8 Å². The molecule has 1 fully saturated rings. The van der Waals surface area contributed by atoms with Gasteiger partial charge >= 0.3 is 0 Å². The van der Waals surface area contributed by atoms with Crippen LogP contribution >= 0.6 is 24.8 Å². The van der Waals surface area contributed by atoms with Crippen molar-refractivity contribution in [3.05, 3.63) is 0 Å². The number of hydrogen-bond donors (Lipinski definition) is 3. The minimum Gasteiger partial charge on any atom is -0.392 e. The van der Waals surface area contributed by atoms with Crippen LogP contribution in [0, 0.1) is 0 Å². The number of primary amides is 1. The molecule has 0 saturated carbocycles. The van der Waals surface area contributed by atoms with E-state index in [1.807, 2.05) is 0 Å². The van der Waals surface area contributed by atoms with E-state index in [0.29, 0.717) is 13.0 Å². The smallest absolute Gasteiger partial charge is 0.234 e. The van der Waals surface area contributed by atoms with Crippen molar-refractivity contribution in [3.63, 3.8) is 0 Å². The summed E-state index contributed by atoms with van der Waals surface area (Å²) in [6.45, 7) is 0.480. The van der Waals surface area contributed by atoms with Crippen molar-refractivity contribution in [2.24, 2.45) is 5.73 Å². The SMILES string of the molecule is Cl.Cl.NC(=O)C1CC(O)CN1. The molecular formula is C5H12Cl2N2O2. The molecule has 4 N–H and O–H groups in total. The number of amides is 1. The Labute approximate surface area is 77.3 Å². The van der Waals surface area contributed by atoms with Crippen molar-refractivity contribution in [1.29, 1.82) is 0 Å². The Morgan fingerprint density at radius 2 is 2.09 bits per heavy atom. The van der Waals surface area contributed by atoms with Crippen molar-refractivity contribution in [3.8, 4) is 0 Å². The maximum absolute atomic E-state index is 10.4. The minimum atomic E-state index is -0.400. The van der Waals surface area contributed by atoms with Gasteiger partial charge in [0.1, 0.15) is 0 Å². The summed E-state index contributed by atoms with van der Waals surface area (Å²) in [5.74, 6) is -0.383. The largest absolute Gasteiger partial charge is 0.392 e. The summed E-state index contributed by atoms with van der Waals surface area (Å²) in [5, 5.41) is 11.7. The fraction of sp³-hybridized carbons (Fsp3) is 0.800. The van der Waals surface area contributed by atoms with Crippen LogP contribution in [0.15, 0.2) is 0 Å². The van der Waals surface area contributed by atoms with Crippen LogP contribution in [-0.4, -0.2) is 29.7 Å². The van der Waals surface area contributed by atoms with Gasteiger partial charge in [-0.25, -0.2) is 0 Å². The van der Waals surface area contributed by atoms with Crippen LogP contribution in [0.5, 0.6) is 0 Å².